The molecule has 132 valence electrons. The predicted octanol–water partition coefficient (Wildman–Crippen LogP) is 7.19. The Morgan fingerprint density at radius 3 is 1.27 bits per heavy atom. The van der Waals surface area contributed by atoms with Crippen molar-refractivity contribution >= 4 is 0 Å². The van der Waals surface area contributed by atoms with Gasteiger partial charge in [-0.05, 0) is 32.1 Å². The first-order valence-corrected chi connectivity index (χ1v) is 10.2. The molecule has 0 aliphatic carbocycles. The van der Waals surface area contributed by atoms with Crippen molar-refractivity contribution in [3.8, 4) is 0 Å². The van der Waals surface area contributed by atoms with Gasteiger partial charge in [-0.3, -0.25) is 0 Å². The average Bonchev–Trinajstić information content (AvgIpc) is 2.54. The molecule has 0 aliphatic rings. The highest BCUT2D eigenvalue weighted by Gasteiger charge is 1.92. The fraction of sp³-hybridized carbons (Fsp3) is 0.905. The number of hydrogen-bond acceptors (Lipinski definition) is 1. The first kappa shape index (κ1) is 21.7. The van der Waals surface area contributed by atoms with Crippen molar-refractivity contribution in [3.63, 3.8) is 0 Å². The Kier molecular flexibility index (Phi) is 20.4. The van der Waals surface area contributed by atoms with E-state index in [1.807, 2.05) is 0 Å². The fourth-order valence-corrected chi connectivity index (χ4v) is 2.89. The molecular weight excluding hydrogens is 268 g/mol. The van der Waals surface area contributed by atoms with Crippen LogP contribution in [0.25, 0.3) is 0 Å². The molecule has 1 heteroatoms. The smallest absolute Gasteiger partial charge is 0.0431 e. The van der Waals surface area contributed by atoms with Crippen LogP contribution in [0.15, 0.2) is 12.2 Å². The van der Waals surface area contributed by atoms with E-state index in [1.54, 1.807) is 0 Å². The maximum atomic E-state index is 8.69. The molecule has 0 radical (unpaired) electrons. The van der Waals surface area contributed by atoms with Gasteiger partial charge in [-0.25, -0.2) is 0 Å². The van der Waals surface area contributed by atoms with Crippen LogP contribution in [0.4, 0.5) is 0 Å². The van der Waals surface area contributed by atoms with E-state index in [9.17, 15) is 0 Å². The second-order valence-corrected chi connectivity index (χ2v) is 6.72. The van der Waals surface area contributed by atoms with Crippen LogP contribution in [0.2, 0.25) is 0 Å². The molecule has 0 unspecified atom stereocenters. The minimum Gasteiger partial charge on any atom is -0.396 e. The van der Waals surface area contributed by atoms with Crippen molar-refractivity contribution in [2.24, 2.45) is 0 Å². The third-order valence-corrected chi connectivity index (χ3v) is 4.42. The van der Waals surface area contributed by atoms with E-state index in [2.05, 4.69) is 19.1 Å². The van der Waals surface area contributed by atoms with Crippen molar-refractivity contribution in [2.45, 2.75) is 116 Å². The number of aliphatic hydroxyl groups excluding tert-OH is 1. The third-order valence-electron chi connectivity index (χ3n) is 4.42. The van der Waals surface area contributed by atoms with Crippen molar-refractivity contribution in [1.82, 2.24) is 0 Å². The highest BCUT2D eigenvalue weighted by atomic mass is 16.2. The normalized spacial score (nSPS) is 11.5. The predicted molar refractivity (Wildman–Crippen MR) is 100 cm³/mol. The Morgan fingerprint density at radius 2 is 0.864 bits per heavy atom. The van der Waals surface area contributed by atoms with Crippen molar-refractivity contribution in [2.75, 3.05) is 6.61 Å². The molecule has 0 heterocycles. The molecule has 0 aromatic rings. The summed E-state index contributed by atoms with van der Waals surface area (Å²) in [4.78, 5) is 0. The monoisotopic (exact) mass is 310 g/mol. The SMILES string of the molecule is CCCCCCCCCC=CCCCCCCCCCCO. The van der Waals surface area contributed by atoms with E-state index < -0.39 is 0 Å². The highest BCUT2D eigenvalue weighted by molar-refractivity contribution is 4.81. The molecule has 0 fully saturated rings. The van der Waals surface area contributed by atoms with Crippen LogP contribution in [0.3, 0.4) is 0 Å². The van der Waals surface area contributed by atoms with E-state index >= 15 is 0 Å². The van der Waals surface area contributed by atoms with Gasteiger partial charge < -0.3 is 5.11 Å². The van der Waals surface area contributed by atoms with Gasteiger partial charge in [-0.1, -0.05) is 96.1 Å². The van der Waals surface area contributed by atoms with Gasteiger partial charge in [-0.2, -0.15) is 0 Å². The summed E-state index contributed by atoms with van der Waals surface area (Å²) in [5, 5.41) is 8.69. The van der Waals surface area contributed by atoms with Crippen LogP contribution in [-0.2, 0) is 0 Å². The Morgan fingerprint density at radius 1 is 0.500 bits per heavy atom. The first-order valence-electron chi connectivity index (χ1n) is 10.2. The summed E-state index contributed by atoms with van der Waals surface area (Å²) in [6.45, 7) is 2.65. The summed E-state index contributed by atoms with van der Waals surface area (Å²) in [5.41, 5.74) is 0. The van der Waals surface area contributed by atoms with Crippen molar-refractivity contribution < 1.29 is 5.11 Å². The molecule has 0 atom stereocenters. The molecule has 0 amide bonds. The standard InChI is InChI=1S/C21H42O/c1-2-3-4-5-6-7-8-9-10-11-12-13-14-15-16-17-18-19-20-21-22/h10-11,22H,2-9,12-21H2,1H3. The molecule has 0 aromatic heterocycles. The number of rotatable bonds is 18. The molecule has 0 bridgehead atoms. The molecular formula is C21H42O. The zero-order chi connectivity index (χ0) is 16.1. The van der Waals surface area contributed by atoms with E-state index in [1.165, 1.54) is 103 Å². The van der Waals surface area contributed by atoms with Crippen LogP contribution >= 0.6 is 0 Å². The molecule has 0 aromatic carbocycles. The van der Waals surface area contributed by atoms with Gasteiger partial charge in [0.15, 0.2) is 0 Å². The van der Waals surface area contributed by atoms with Crippen LogP contribution in [0.1, 0.15) is 116 Å². The second kappa shape index (κ2) is 20.7. The quantitative estimate of drug-likeness (QED) is 0.210. The van der Waals surface area contributed by atoms with E-state index in [0.717, 1.165) is 6.42 Å². The van der Waals surface area contributed by atoms with Gasteiger partial charge in [-0.15, -0.1) is 0 Å². The Hall–Kier alpha value is -0.300. The van der Waals surface area contributed by atoms with Crippen LogP contribution in [-0.4, -0.2) is 11.7 Å². The summed E-state index contributed by atoms with van der Waals surface area (Å²) in [5.74, 6) is 0. The van der Waals surface area contributed by atoms with E-state index in [-0.39, 0.29) is 0 Å². The van der Waals surface area contributed by atoms with Gasteiger partial charge >= 0.3 is 0 Å². The van der Waals surface area contributed by atoms with Gasteiger partial charge in [0.1, 0.15) is 0 Å². The maximum absolute atomic E-state index is 8.69. The average molecular weight is 311 g/mol. The van der Waals surface area contributed by atoms with Gasteiger partial charge in [0.2, 0.25) is 0 Å². The Balaban J connectivity index is 3.02. The summed E-state index contributed by atoms with van der Waals surface area (Å²) in [6.07, 6.45) is 27.7. The zero-order valence-corrected chi connectivity index (χ0v) is 15.3. The minimum absolute atomic E-state index is 0.366. The topological polar surface area (TPSA) is 20.2 Å². The van der Waals surface area contributed by atoms with Gasteiger partial charge in [0.05, 0.1) is 0 Å². The number of aliphatic hydroxyl groups is 1. The Labute approximate surface area is 140 Å². The minimum atomic E-state index is 0.366. The molecule has 0 saturated heterocycles. The molecule has 0 spiro atoms. The van der Waals surface area contributed by atoms with Crippen molar-refractivity contribution in [3.05, 3.63) is 12.2 Å². The number of hydrogen-bond donors (Lipinski definition) is 1. The highest BCUT2D eigenvalue weighted by Crippen LogP contribution is 2.11. The lowest BCUT2D eigenvalue weighted by Gasteiger charge is -2.00. The summed E-state index contributed by atoms with van der Waals surface area (Å²) >= 11 is 0. The number of unbranched alkanes of at least 4 members (excludes halogenated alkanes) is 15. The lowest BCUT2D eigenvalue weighted by molar-refractivity contribution is 0.282. The summed E-state index contributed by atoms with van der Waals surface area (Å²) in [7, 11) is 0. The molecule has 0 rings (SSSR count). The molecule has 1 N–H and O–H groups in total. The Bertz CT molecular complexity index is 210. The lowest BCUT2D eigenvalue weighted by atomic mass is 10.1. The third kappa shape index (κ3) is 19.7. The number of allylic oxidation sites excluding steroid dienone is 2. The van der Waals surface area contributed by atoms with E-state index in [0.29, 0.717) is 6.61 Å². The van der Waals surface area contributed by atoms with Crippen LogP contribution < -0.4 is 0 Å². The lowest BCUT2D eigenvalue weighted by Crippen LogP contribution is -1.84. The molecule has 0 saturated carbocycles. The summed E-state index contributed by atoms with van der Waals surface area (Å²) < 4.78 is 0. The van der Waals surface area contributed by atoms with Gasteiger partial charge in [0.25, 0.3) is 0 Å². The second-order valence-electron chi connectivity index (χ2n) is 6.72. The molecule has 0 aliphatic heterocycles. The van der Waals surface area contributed by atoms with Crippen LogP contribution in [0, 0.1) is 0 Å². The summed E-state index contributed by atoms with van der Waals surface area (Å²) in [6, 6.07) is 0. The van der Waals surface area contributed by atoms with Crippen LogP contribution in [0.5, 0.6) is 0 Å². The maximum Gasteiger partial charge on any atom is 0.0431 e. The first-order chi connectivity index (χ1) is 10.9. The zero-order valence-electron chi connectivity index (χ0n) is 15.3. The van der Waals surface area contributed by atoms with Crippen molar-refractivity contribution in [1.29, 1.82) is 0 Å². The van der Waals surface area contributed by atoms with Gasteiger partial charge in [0, 0.05) is 6.61 Å². The van der Waals surface area contributed by atoms with E-state index in [4.69, 9.17) is 5.11 Å². The fourth-order valence-electron chi connectivity index (χ4n) is 2.89. The molecule has 22 heavy (non-hydrogen) atoms. The largest absolute Gasteiger partial charge is 0.396 e. The molecule has 1 nitrogen and oxygen atoms in total.